The lowest BCUT2D eigenvalue weighted by molar-refractivity contribution is 0.342. The molecule has 4 rings (SSSR count). The van der Waals surface area contributed by atoms with E-state index in [0.717, 1.165) is 28.4 Å². The molecule has 0 amide bonds. The monoisotopic (exact) mass is 392 g/mol. The van der Waals surface area contributed by atoms with Crippen LogP contribution in [0.3, 0.4) is 0 Å². The van der Waals surface area contributed by atoms with Gasteiger partial charge in [-0.25, -0.2) is 4.52 Å². The number of anilines is 3. The first-order valence-corrected chi connectivity index (χ1v) is 9.55. The third-order valence-electron chi connectivity index (χ3n) is 4.31. The average molecular weight is 392 g/mol. The summed E-state index contributed by atoms with van der Waals surface area (Å²) in [7, 11) is 1.91. The van der Waals surface area contributed by atoms with Gasteiger partial charge in [-0.2, -0.15) is 4.98 Å². The summed E-state index contributed by atoms with van der Waals surface area (Å²) in [6.45, 7) is 6.64. The van der Waals surface area contributed by atoms with Gasteiger partial charge < -0.3 is 19.9 Å². The van der Waals surface area contributed by atoms with E-state index in [2.05, 4.69) is 44.8 Å². The van der Waals surface area contributed by atoms with Gasteiger partial charge in [-0.3, -0.25) is 0 Å². The van der Waals surface area contributed by atoms with Gasteiger partial charge in [0.25, 0.3) is 0 Å². The van der Waals surface area contributed by atoms with Gasteiger partial charge in [0, 0.05) is 24.8 Å². The molecule has 0 fully saturated rings. The number of rotatable bonds is 7. The highest BCUT2D eigenvalue weighted by molar-refractivity contribution is 5.73. The first-order valence-electron chi connectivity index (χ1n) is 9.55. The molecule has 3 aromatic heterocycles. The number of aryl methyl sites for hydroxylation is 1. The second-order valence-corrected chi connectivity index (χ2v) is 6.96. The summed E-state index contributed by atoms with van der Waals surface area (Å²) in [5.41, 5.74) is 2.62. The highest BCUT2D eigenvalue weighted by atomic mass is 16.5. The molecule has 150 valence electrons. The number of nitrogens with one attached hydrogen (secondary N) is 2. The zero-order valence-corrected chi connectivity index (χ0v) is 16.9. The van der Waals surface area contributed by atoms with Gasteiger partial charge >= 0.3 is 0 Å². The van der Waals surface area contributed by atoms with Crippen LogP contribution < -0.4 is 15.4 Å². The maximum Gasteiger partial charge on any atom is 0.247 e. The molecule has 9 nitrogen and oxygen atoms in total. The topological polar surface area (TPSA) is 94.2 Å². The molecule has 0 bridgehead atoms. The first kappa shape index (κ1) is 18.7. The van der Waals surface area contributed by atoms with Crippen molar-refractivity contribution in [3.63, 3.8) is 0 Å². The molecule has 3 heterocycles. The lowest BCUT2D eigenvalue weighted by atomic mass is 10.1. The van der Waals surface area contributed by atoms with Crippen molar-refractivity contribution >= 4 is 23.0 Å². The van der Waals surface area contributed by atoms with Gasteiger partial charge in [0.1, 0.15) is 17.6 Å². The Labute approximate surface area is 168 Å². The van der Waals surface area contributed by atoms with E-state index in [4.69, 9.17) is 4.74 Å². The fourth-order valence-electron chi connectivity index (χ4n) is 3.07. The summed E-state index contributed by atoms with van der Waals surface area (Å²) in [5.74, 6) is 2.72. The van der Waals surface area contributed by atoms with Crippen LogP contribution in [0.25, 0.3) is 16.9 Å². The summed E-state index contributed by atoms with van der Waals surface area (Å²) >= 11 is 0. The molecule has 1 aromatic carbocycles. The Bertz CT molecular complexity index is 1130. The predicted octanol–water partition coefficient (Wildman–Crippen LogP) is 3.49. The summed E-state index contributed by atoms with van der Waals surface area (Å²) in [6.07, 6.45) is 3.57. The zero-order chi connectivity index (χ0) is 20.4. The maximum atomic E-state index is 5.86. The van der Waals surface area contributed by atoms with Crippen LogP contribution >= 0.6 is 0 Å². The van der Waals surface area contributed by atoms with E-state index in [-0.39, 0.29) is 6.04 Å². The molecule has 29 heavy (non-hydrogen) atoms. The Balaban J connectivity index is 1.71. The van der Waals surface area contributed by atoms with E-state index >= 15 is 0 Å². The molecule has 0 atom stereocenters. The largest absolute Gasteiger partial charge is 0.492 e. The Morgan fingerprint density at radius 1 is 1.21 bits per heavy atom. The Kier molecular flexibility index (Phi) is 5.03. The van der Waals surface area contributed by atoms with Gasteiger partial charge in [-0.15, -0.1) is 15.3 Å². The van der Waals surface area contributed by atoms with Crippen molar-refractivity contribution < 1.29 is 4.74 Å². The van der Waals surface area contributed by atoms with Crippen LogP contribution in [0.1, 0.15) is 20.8 Å². The number of aromatic nitrogens is 6. The minimum absolute atomic E-state index is 0.251. The highest BCUT2D eigenvalue weighted by Crippen LogP contribution is 2.32. The summed E-state index contributed by atoms with van der Waals surface area (Å²) in [5, 5.41) is 19.3. The molecule has 4 aromatic rings. The summed E-state index contributed by atoms with van der Waals surface area (Å²) in [6, 6.07) is 10.0. The Hall–Kier alpha value is -3.62. The van der Waals surface area contributed by atoms with Crippen LogP contribution in [0, 0.1) is 0 Å². The van der Waals surface area contributed by atoms with Crippen molar-refractivity contribution in [2.45, 2.75) is 26.8 Å². The average Bonchev–Trinajstić information content (AvgIpc) is 3.32. The summed E-state index contributed by atoms with van der Waals surface area (Å²) < 4.78 is 9.52. The number of benzene rings is 1. The standard InChI is InChI=1S/C20H24N8O/c1-5-29-17-11-14(19-25-21-12-27(19)4)8-9-15(17)23-20-24-18(22-13(2)3)16-7-6-10-28(16)26-20/h6-13H,5H2,1-4H3,(H2,22,23,24,26). The van der Waals surface area contributed by atoms with Crippen molar-refractivity contribution in [1.29, 1.82) is 0 Å². The van der Waals surface area contributed by atoms with Crippen molar-refractivity contribution in [3.05, 3.63) is 42.9 Å². The Morgan fingerprint density at radius 3 is 2.79 bits per heavy atom. The number of nitrogens with zero attached hydrogens (tertiary/aromatic N) is 6. The number of ether oxygens (including phenoxy) is 1. The highest BCUT2D eigenvalue weighted by Gasteiger charge is 2.13. The van der Waals surface area contributed by atoms with E-state index in [1.165, 1.54) is 0 Å². The molecule has 0 aliphatic heterocycles. The normalized spacial score (nSPS) is 11.2. The van der Waals surface area contributed by atoms with Crippen LogP contribution in [-0.4, -0.2) is 42.0 Å². The Morgan fingerprint density at radius 2 is 2.07 bits per heavy atom. The van der Waals surface area contributed by atoms with Crippen LogP contribution in [0.2, 0.25) is 0 Å². The minimum Gasteiger partial charge on any atom is -0.492 e. The predicted molar refractivity (Wildman–Crippen MR) is 113 cm³/mol. The molecule has 0 aliphatic carbocycles. The van der Waals surface area contributed by atoms with Gasteiger partial charge in [0.2, 0.25) is 5.95 Å². The maximum absolute atomic E-state index is 5.86. The molecule has 0 spiro atoms. The van der Waals surface area contributed by atoms with Crippen molar-refractivity contribution in [2.75, 3.05) is 17.2 Å². The first-order chi connectivity index (χ1) is 14.0. The molecule has 0 radical (unpaired) electrons. The minimum atomic E-state index is 0.251. The molecule has 0 saturated heterocycles. The van der Waals surface area contributed by atoms with Crippen LogP contribution in [0.5, 0.6) is 5.75 Å². The molecule has 0 unspecified atom stereocenters. The molecule has 2 N–H and O–H groups in total. The van der Waals surface area contributed by atoms with Gasteiger partial charge in [0.05, 0.1) is 12.3 Å². The van der Waals surface area contributed by atoms with Crippen LogP contribution in [0.15, 0.2) is 42.9 Å². The van der Waals surface area contributed by atoms with Gasteiger partial charge in [-0.05, 0) is 51.1 Å². The van der Waals surface area contributed by atoms with Crippen molar-refractivity contribution in [1.82, 2.24) is 29.4 Å². The van der Waals surface area contributed by atoms with E-state index < -0.39 is 0 Å². The number of hydrogen-bond donors (Lipinski definition) is 2. The van der Waals surface area contributed by atoms with Crippen molar-refractivity contribution in [2.24, 2.45) is 7.05 Å². The molecular formula is C20H24N8O. The van der Waals surface area contributed by atoms with E-state index in [9.17, 15) is 0 Å². The van der Waals surface area contributed by atoms with Gasteiger partial charge in [0.15, 0.2) is 11.6 Å². The molecule has 0 aliphatic rings. The van der Waals surface area contributed by atoms with E-state index in [1.807, 2.05) is 55.1 Å². The number of fused-ring (bicyclic) bond motifs is 1. The third kappa shape index (κ3) is 3.84. The molecular weight excluding hydrogens is 368 g/mol. The van der Waals surface area contributed by atoms with Crippen LogP contribution in [0.4, 0.5) is 17.5 Å². The zero-order valence-electron chi connectivity index (χ0n) is 16.9. The van der Waals surface area contributed by atoms with Crippen LogP contribution in [-0.2, 0) is 7.05 Å². The number of hydrogen-bond acceptors (Lipinski definition) is 7. The fourth-order valence-corrected chi connectivity index (χ4v) is 3.07. The van der Waals surface area contributed by atoms with E-state index in [1.54, 1.807) is 10.8 Å². The molecule has 9 heteroatoms. The quantitative estimate of drug-likeness (QED) is 0.497. The smallest absolute Gasteiger partial charge is 0.247 e. The second kappa shape index (κ2) is 7.78. The van der Waals surface area contributed by atoms with Gasteiger partial charge in [-0.1, -0.05) is 0 Å². The SMILES string of the molecule is CCOc1cc(-c2nncn2C)ccc1Nc1nc(NC(C)C)c2cccn2n1. The second-order valence-electron chi connectivity index (χ2n) is 6.96. The summed E-state index contributed by atoms with van der Waals surface area (Å²) in [4.78, 5) is 4.66. The molecule has 0 saturated carbocycles. The third-order valence-corrected chi connectivity index (χ3v) is 4.31. The lowest BCUT2D eigenvalue weighted by Crippen LogP contribution is -2.14. The fraction of sp³-hybridized carbons (Fsp3) is 0.300. The van der Waals surface area contributed by atoms with Crippen molar-refractivity contribution in [3.8, 4) is 17.1 Å². The lowest BCUT2D eigenvalue weighted by Gasteiger charge is -2.15. The van der Waals surface area contributed by atoms with E-state index in [0.29, 0.717) is 18.3 Å².